The molecule has 1 aliphatic rings. The second-order valence-corrected chi connectivity index (χ2v) is 6.77. The van der Waals surface area contributed by atoms with Crippen LogP contribution in [-0.2, 0) is 13.1 Å². The molecular weight excluding hydrogens is 483 g/mol. The van der Waals surface area contributed by atoms with Crippen molar-refractivity contribution < 1.29 is 14.2 Å². The minimum atomic E-state index is 0. The molecule has 158 valence electrons. The van der Waals surface area contributed by atoms with E-state index in [0.29, 0.717) is 42.5 Å². The first kappa shape index (κ1) is 23.1. The Morgan fingerprint density at radius 2 is 1.83 bits per heavy atom. The quantitative estimate of drug-likeness (QED) is 0.319. The molecule has 3 N–H and O–H groups in total. The average Bonchev–Trinajstić information content (AvgIpc) is 3.24. The van der Waals surface area contributed by atoms with Gasteiger partial charge in [0.15, 0.2) is 17.5 Å². The van der Waals surface area contributed by atoms with Gasteiger partial charge >= 0.3 is 0 Å². The standard InChI is InChI=1S/C21H28N4O3.HI/c1-26-18-9-7-15(11-19(18)27-2)12-24-21(22)25-14-16-8-10-20(23-13-16)28-17-5-3-4-6-17;/h7-11,13,17H,3-6,12,14H2,1-2H3,(H3,22,24,25);1H. The Bertz CT molecular complexity index is 793. The number of aliphatic imine (C=N–C) groups is 1. The summed E-state index contributed by atoms with van der Waals surface area (Å²) >= 11 is 0. The van der Waals surface area contributed by atoms with E-state index in [4.69, 9.17) is 19.9 Å². The number of rotatable bonds is 8. The number of aromatic nitrogens is 1. The van der Waals surface area contributed by atoms with Crippen molar-refractivity contribution in [2.24, 2.45) is 10.7 Å². The first-order valence-electron chi connectivity index (χ1n) is 9.54. The van der Waals surface area contributed by atoms with Crippen LogP contribution in [0.5, 0.6) is 17.4 Å². The molecule has 8 heteroatoms. The fourth-order valence-electron chi connectivity index (χ4n) is 3.17. The molecule has 1 aromatic heterocycles. The van der Waals surface area contributed by atoms with E-state index in [1.165, 1.54) is 12.8 Å². The number of pyridine rings is 1. The maximum Gasteiger partial charge on any atom is 0.213 e. The number of hydrogen-bond donors (Lipinski definition) is 2. The van der Waals surface area contributed by atoms with E-state index >= 15 is 0 Å². The van der Waals surface area contributed by atoms with E-state index in [9.17, 15) is 0 Å². The fraction of sp³-hybridized carbons (Fsp3) is 0.429. The fourth-order valence-corrected chi connectivity index (χ4v) is 3.17. The number of nitrogens with one attached hydrogen (secondary N) is 1. The monoisotopic (exact) mass is 512 g/mol. The number of guanidine groups is 1. The number of benzene rings is 1. The van der Waals surface area contributed by atoms with Crippen molar-refractivity contribution in [1.82, 2.24) is 10.3 Å². The van der Waals surface area contributed by atoms with Crippen LogP contribution in [0.2, 0.25) is 0 Å². The summed E-state index contributed by atoms with van der Waals surface area (Å²) < 4.78 is 16.4. The molecule has 1 heterocycles. The highest BCUT2D eigenvalue weighted by Gasteiger charge is 2.16. The van der Waals surface area contributed by atoms with Gasteiger partial charge in [-0.1, -0.05) is 12.1 Å². The van der Waals surface area contributed by atoms with Crippen LogP contribution >= 0.6 is 24.0 Å². The molecule has 1 aliphatic carbocycles. The zero-order valence-electron chi connectivity index (χ0n) is 16.9. The summed E-state index contributed by atoms with van der Waals surface area (Å²) in [6, 6.07) is 9.60. The van der Waals surface area contributed by atoms with Gasteiger partial charge in [0, 0.05) is 18.8 Å². The molecule has 0 bridgehead atoms. The second-order valence-electron chi connectivity index (χ2n) is 6.77. The number of ether oxygens (including phenoxy) is 3. The van der Waals surface area contributed by atoms with Gasteiger partial charge in [0.05, 0.1) is 20.8 Å². The summed E-state index contributed by atoms with van der Waals surface area (Å²) in [6.45, 7) is 1.00. The molecule has 0 radical (unpaired) electrons. The number of nitrogens with two attached hydrogens (primary N) is 1. The number of methoxy groups -OCH3 is 2. The van der Waals surface area contributed by atoms with Crippen molar-refractivity contribution >= 4 is 29.9 Å². The lowest BCUT2D eigenvalue weighted by atomic mass is 10.2. The molecule has 0 spiro atoms. The predicted octanol–water partition coefficient (Wildman–Crippen LogP) is 3.64. The molecule has 0 saturated heterocycles. The van der Waals surface area contributed by atoms with Crippen LogP contribution in [0.1, 0.15) is 36.8 Å². The van der Waals surface area contributed by atoms with E-state index in [1.807, 2.05) is 30.3 Å². The molecule has 29 heavy (non-hydrogen) atoms. The van der Waals surface area contributed by atoms with Crippen LogP contribution in [-0.4, -0.2) is 31.3 Å². The lowest BCUT2D eigenvalue weighted by Gasteiger charge is -2.12. The lowest BCUT2D eigenvalue weighted by Crippen LogP contribution is -2.31. The van der Waals surface area contributed by atoms with Gasteiger partial charge in [0.25, 0.3) is 0 Å². The Morgan fingerprint density at radius 1 is 1.10 bits per heavy atom. The minimum absolute atomic E-state index is 0. The molecule has 7 nitrogen and oxygen atoms in total. The second kappa shape index (κ2) is 11.7. The van der Waals surface area contributed by atoms with Crippen LogP contribution in [0.4, 0.5) is 0 Å². The number of hydrogen-bond acceptors (Lipinski definition) is 5. The van der Waals surface area contributed by atoms with E-state index in [1.54, 1.807) is 20.4 Å². The van der Waals surface area contributed by atoms with Crippen molar-refractivity contribution in [1.29, 1.82) is 0 Å². The highest BCUT2D eigenvalue weighted by molar-refractivity contribution is 14.0. The predicted molar refractivity (Wildman–Crippen MR) is 124 cm³/mol. The summed E-state index contributed by atoms with van der Waals surface area (Å²) in [5.41, 5.74) is 7.97. The first-order valence-corrected chi connectivity index (χ1v) is 9.54. The van der Waals surface area contributed by atoms with Gasteiger partial charge in [-0.3, -0.25) is 0 Å². The van der Waals surface area contributed by atoms with Gasteiger partial charge in [-0.05, 0) is 48.9 Å². The maximum absolute atomic E-state index is 5.97. The van der Waals surface area contributed by atoms with Gasteiger partial charge in [0.2, 0.25) is 5.88 Å². The van der Waals surface area contributed by atoms with Crippen molar-refractivity contribution in [3.05, 3.63) is 47.7 Å². The molecule has 0 unspecified atom stereocenters. The summed E-state index contributed by atoms with van der Waals surface area (Å²) in [5, 5.41) is 3.10. The van der Waals surface area contributed by atoms with Gasteiger partial charge in [-0.25, -0.2) is 9.98 Å². The Labute approximate surface area is 189 Å². The Balaban J connectivity index is 0.00000300. The smallest absolute Gasteiger partial charge is 0.213 e. The van der Waals surface area contributed by atoms with E-state index in [-0.39, 0.29) is 24.0 Å². The van der Waals surface area contributed by atoms with Crippen molar-refractivity contribution in [2.45, 2.75) is 44.9 Å². The summed E-state index contributed by atoms with van der Waals surface area (Å²) in [4.78, 5) is 8.74. The molecule has 0 amide bonds. The third-order valence-corrected chi connectivity index (χ3v) is 4.74. The third kappa shape index (κ3) is 6.95. The summed E-state index contributed by atoms with van der Waals surface area (Å²) in [6.07, 6.45) is 6.83. The van der Waals surface area contributed by atoms with Gasteiger partial charge in [-0.2, -0.15) is 0 Å². The molecule has 0 atom stereocenters. The topological polar surface area (TPSA) is 91.0 Å². The van der Waals surface area contributed by atoms with Crippen LogP contribution in [0.15, 0.2) is 41.5 Å². The van der Waals surface area contributed by atoms with Gasteiger partial charge in [0.1, 0.15) is 6.10 Å². The molecular formula is C21H29IN4O3. The molecule has 1 saturated carbocycles. The normalized spacial score (nSPS) is 14.2. The average molecular weight is 512 g/mol. The Kier molecular flexibility index (Phi) is 9.30. The maximum atomic E-state index is 5.97. The van der Waals surface area contributed by atoms with E-state index < -0.39 is 0 Å². The SMILES string of the molecule is COc1ccc(CNC(N)=NCc2ccc(OC3CCCC3)nc2)cc1OC.I. The molecule has 2 aromatic rings. The van der Waals surface area contributed by atoms with Crippen LogP contribution in [0, 0.1) is 0 Å². The molecule has 1 aromatic carbocycles. The largest absolute Gasteiger partial charge is 0.493 e. The minimum Gasteiger partial charge on any atom is -0.493 e. The molecule has 1 fully saturated rings. The highest BCUT2D eigenvalue weighted by atomic mass is 127. The zero-order valence-corrected chi connectivity index (χ0v) is 19.2. The summed E-state index contributed by atoms with van der Waals surface area (Å²) in [7, 11) is 3.23. The van der Waals surface area contributed by atoms with Crippen LogP contribution in [0.25, 0.3) is 0 Å². The number of halogens is 1. The van der Waals surface area contributed by atoms with Crippen molar-refractivity contribution in [3.8, 4) is 17.4 Å². The van der Waals surface area contributed by atoms with Crippen molar-refractivity contribution in [2.75, 3.05) is 14.2 Å². The number of nitrogens with zero attached hydrogens (tertiary/aromatic N) is 2. The van der Waals surface area contributed by atoms with Gasteiger partial charge in [-0.15, -0.1) is 24.0 Å². The lowest BCUT2D eigenvalue weighted by molar-refractivity contribution is 0.201. The summed E-state index contributed by atoms with van der Waals surface area (Å²) in [5.74, 6) is 2.43. The highest BCUT2D eigenvalue weighted by Crippen LogP contribution is 2.27. The van der Waals surface area contributed by atoms with E-state index in [2.05, 4.69) is 15.3 Å². The van der Waals surface area contributed by atoms with E-state index in [0.717, 1.165) is 24.0 Å². The van der Waals surface area contributed by atoms with Gasteiger partial charge < -0.3 is 25.3 Å². The van der Waals surface area contributed by atoms with Crippen molar-refractivity contribution in [3.63, 3.8) is 0 Å². The zero-order chi connectivity index (χ0) is 19.8. The first-order chi connectivity index (χ1) is 13.7. The van der Waals surface area contributed by atoms with Crippen LogP contribution < -0.4 is 25.3 Å². The molecule has 0 aliphatic heterocycles. The molecule has 3 rings (SSSR count). The van der Waals surface area contributed by atoms with Crippen LogP contribution in [0.3, 0.4) is 0 Å². The Morgan fingerprint density at radius 3 is 2.48 bits per heavy atom. The Hall–Kier alpha value is -2.23. The third-order valence-electron chi connectivity index (χ3n) is 4.74.